The van der Waals surface area contributed by atoms with E-state index in [9.17, 15) is 14.3 Å². The van der Waals surface area contributed by atoms with Gasteiger partial charge in [0.25, 0.3) is 0 Å². The summed E-state index contributed by atoms with van der Waals surface area (Å²) < 4.78 is 14.9. The number of anilines is 2. The molecule has 0 saturated carbocycles. The maximum absolute atomic E-state index is 14.9. The average Bonchev–Trinajstić information content (AvgIpc) is 2.99. The first-order valence-corrected chi connectivity index (χ1v) is 9.53. The van der Waals surface area contributed by atoms with Crippen LogP contribution < -0.4 is 15.1 Å². The Morgan fingerprint density at radius 2 is 2.08 bits per heavy atom. The number of likely N-dealkylation sites (N-methyl/N-ethyl adjacent to an activating group) is 1. The van der Waals surface area contributed by atoms with Gasteiger partial charge in [-0.3, -0.25) is 4.79 Å². The van der Waals surface area contributed by atoms with E-state index in [2.05, 4.69) is 17.1 Å². The molecule has 0 bridgehead atoms. The number of aliphatic hydroxyl groups excluding tert-OH is 1. The zero-order chi connectivity index (χ0) is 19.0. The maximum atomic E-state index is 14.9. The highest BCUT2D eigenvalue weighted by atomic mass is 19.1. The van der Waals surface area contributed by atoms with Crippen molar-refractivity contribution >= 4 is 17.3 Å². The first-order valence-electron chi connectivity index (χ1n) is 9.53. The number of rotatable bonds is 3. The molecule has 3 rings (SSSR count). The van der Waals surface area contributed by atoms with Gasteiger partial charge >= 0.3 is 0 Å². The van der Waals surface area contributed by atoms with Gasteiger partial charge in [-0.15, -0.1) is 0 Å². The molecule has 2 aliphatic heterocycles. The van der Waals surface area contributed by atoms with E-state index in [1.54, 1.807) is 6.07 Å². The lowest BCUT2D eigenvalue weighted by molar-refractivity contribution is -0.124. The predicted octanol–water partition coefficient (Wildman–Crippen LogP) is 2.17. The molecule has 1 amide bonds. The van der Waals surface area contributed by atoms with Crippen molar-refractivity contribution < 1.29 is 14.3 Å². The lowest BCUT2D eigenvalue weighted by Gasteiger charge is -2.37. The second-order valence-corrected chi connectivity index (χ2v) is 8.16. The van der Waals surface area contributed by atoms with Crippen molar-refractivity contribution in [1.29, 1.82) is 0 Å². The van der Waals surface area contributed by atoms with Crippen LogP contribution in [-0.4, -0.2) is 49.8 Å². The molecule has 6 heteroatoms. The number of hydrogen-bond acceptors (Lipinski definition) is 4. The van der Waals surface area contributed by atoms with Crippen LogP contribution in [0.1, 0.15) is 32.8 Å². The van der Waals surface area contributed by atoms with Gasteiger partial charge in [-0.1, -0.05) is 20.8 Å². The van der Waals surface area contributed by atoms with Crippen LogP contribution >= 0.6 is 0 Å². The van der Waals surface area contributed by atoms with Crippen LogP contribution in [0, 0.1) is 17.7 Å². The van der Waals surface area contributed by atoms with Gasteiger partial charge in [0, 0.05) is 25.8 Å². The minimum absolute atomic E-state index is 0.0885. The maximum Gasteiger partial charge on any atom is 0.243 e. The largest absolute Gasteiger partial charge is 0.394 e. The Balaban J connectivity index is 2.06. The van der Waals surface area contributed by atoms with Crippen molar-refractivity contribution in [3.05, 3.63) is 23.5 Å². The van der Waals surface area contributed by atoms with E-state index < -0.39 is 6.04 Å². The Kier molecular flexibility index (Phi) is 5.42. The zero-order valence-electron chi connectivity index (χ0n) is 16.1. The Labute approximate surface area is 155 Å². The van der Waals surface area contributed by atoms with Gasteiger partial charge < -0.3 is 20.2 Å². The standard InChI is InChI=1S/C20H30FN3O2/c1-12(2)19-20(26)22-15(11-25)7-14-8-16(21)18(9-17(14)23(19)4)24-6-5-13(3)10-24/h8-9,12-13,15,19,25H,5-7,10-11H2,1-4H3,(H,22,26)/t13?,15-,19-/m1/s1. The lowest BCUT2D eigenvalue weighted by atomic mass is 9.94. The monoisotopic (exact) mass is 363 g/mol. The quantitative estimate of drug-likeness (QED) is 0.864. The summed E-state index contributed by atoms with van der Waals surface area (Å²) in [5.41, 5.74) is 2.32. The fraction of sp³-hybridized carbons (Fsp3) is 0.650. The lowest BCUT2D eigenvalue weighted by Crippen LogP contribution is -2.54. The fourth-order valence-electron chi connectivity index (χ4n) is 4.27. The highest BCUT2D eigenvalue weighted by molar-refractivity contribution is 5.87. The highest BCUT2D eigenvalue weighted by Crippen LogP contribution is 2.35. The molecule has 144 valence electrons. The summed E-state index contributed by atoms with van der Waals surface area (Å²) in [7, 11) is 1.90. The van der Waals surface area contributed by atoms with E-state index in [1.165, 1.54) is 0 Å². The summed E-state index contributed by atoms with van der Waals surface area (Å²) in [6.45, 7) is 7.74. The summed E-state index contributed by atoms with van der Waals surface area (Å²) in [4.78, 5) is 16.8. The Morgan fingerprint density at radius 1 is 1.35 bits per heavy atom. The number of amides is 1. The number of nitrogens with zero attached hydrogens (tertiary/aromatic N) is 2. The van der Waals surface area contributed by atoms with Crippen LogP contribution in [0.25, 0.3) is 0 Å². The van der Waals surface area contributed by atoms with Crippen LogP contribution in [0.4, 0.5) is 15.8 Å². The SMILES string of the molecule is CC1CCN(c2cc3c(cc2F)C[C@H](CO)NC(=O)[C@@H](C(C)C)N3C)C1. The van der Waals surface area contributed by atoms with Gasteiger partial charge in [-0.25, -0.2) is 4.39 Å². The zero-order valence-corrected chi connectivity index (χ0v) is 16.1. The molecule has 1 aromatic carbocycles. The molecular weight excluding hydrogens is 333 g/mol. The van der Waals surface area contributed by atoms with Crippen molar-refractivity contribution in [2.75, 3.05) is 36.5 Å². The normalized spacial score (nSPS) is 26.6. The number of fused-ring (bicyclic) bond motifs is 1. The summed E-state index contributed by atoms with van der Waals surface area (Å²) in [5, 5.41) is 12.5. The minimum atomic E-state index is -0.395. The molecule has 26 heavy (non-hydrogen) atoms. The van der Waals surface area contributed by atoms with E-state index in [4.69, 9.17) is 0 Å². The molecule has 1 unspecified atom stereocenters. The van der Waals surface area contributed by atoms with Crippen molar-refractivity contribution in [3.8, 4) is 0 Å². The summed E-state index contributed by atoms with van der Waals surface area (Å²) >= 11 is 0. The Morgan fingerprint density at radius 3 is 2.65 bits per heavy atom. The fourth-order valence-corrected chi connectivity index (χ4v) is 4.27. The van der Waals surface area contributed by atoms with Crippen LogP contribution in [0.5, 0.6) is 0 Å². The molecule has 1 aromatic rings. The molecule has 0 aromatic heterocycles. The molecule has 5 nitrogen and oxygen atoms in total. The number of halogens is 1. The van der Waals surface area contributed by atoms with E-state index in [0.717, 1.165) is 30.8 Å². The van der Waals surface area contributed by atoms with Crippen LogP contribution in [0.3, 0.4) is 0 Å². The smallest absolute Gasteiger partial charge is 0.243 e. The van der Waals surface area contributed by atoms with Gasteiger partial charge in [-0.2, -0.15) is 0 Å². The van der Waals surface area contributed by atoms with Crippen LogP contribution in [0.15, 0.2) is 12.1 Å². The molecule has 2 heterocycles. The van der Waals surface area contributed by atoms with Crippen molar-refractivity contribution in [1.82, 2.24) is 5.32 Å². The number of carbonyl (C=O) groups excluding carboxylic acids is 1. The van der Waals surface area contributed by atoms with Crippen molar-refractivity contribution in [2.24, 2.45) is 11.8 Å². The molecule has 0 radical (unpaired) electrons. The molecular formula is C20H30FN3O2. The van der Waals surface area contributed by atoms with Crippen LogP contribution in [-0.2, 0) is 11.2 Å². The number of aliphatic hydroxyl groups is 1. The molecule has 1 saturated heterocycles. The minimum Gasteiger partial charge on any atom is -0.394 e. The first kappa shape index (κ1) is 19.0. The van der Waals surface area contributed by atoms with Gasteiger partial charge in [0.05, 0.1) is 18.3 Å². The third-order valence-corrected chi connectivity index (χ3v) is 5.64. The highest BCUT2D eigenvalue weighted by Gasteiger charge is 2.33. The number of hydrogen-bond donors (Lipinski definition) is 2. The predicted molar refractivity (Wildman–Crippen MR) is 102 cm³/mol. The molecule has 0 aliphatic carbocycles. The van der Waals surface area contributed by atoms with E-state index >= 15 is 0 Å². The van der Waals surface area contributed by atoms with Gasteiger partial charge in [0.2, 0.25) is 5.91 Å². The van der Waals surface area contributed by atoms with E-state index in [-0.39, 0.29) is 30.3 Å². The van der Waals surface area contributed by atoms with Gasteiger partial charge in [0.15, 0.2) is 0 Å². The first-order chi connectivity index (χ1) is 12.3. The number of nitrogens with one attached hydrogen (secondary N) is 1. The number of carbonyl (C=O) groups is 1. The van der Waals surface area contributed by atoms with Gasteiger partial charge in [-0.05, 0) is 42.4 Å². The molecule has 0 spiro atoms. The Hall–Kier alpha value is -1.82. The topological polar surface area (TPSA) is 55.8 Å². The average molecular weight is 363 g/mol. The van der Waals surface area contributed by atoms with E-state index in [0.29, 0.717) is 18.0 Å². The second-order valence-electron chi connectivity index (χ2n) is 8.16. The second kappa shape index (κ2) is 7.43. The van der Waals surface area contributed by atoms with Crippen LogP contribution in [0.2, 0.25) is 0 Å². The summed E-state index contributed by atoms with van der Waals surface area (Å²) in [6.07, 6.45) is 1.48. The molecule has 2 aliphatic rings. The molecule has 3 atom stereocenters. The third kappa shape index (κ3) is 3.52. The number of benzene rings is 1. The third-order valence-electron chi connectivity index (χ3n) is 5.64. The van der Waals surface area contributed by atoms with Crippen molar-refractivity contribution in [3.63, 3.8) is 0 Å². The molecule has 1 fully saturated rings. The van der Waals surface area contributed by atoms with Crippen molar-refractivity contribution in [2.45, 2.75) is 45.7 Å². The molecule has 2 N–H and O–H groups in total. The van der Waals surface area contributed by atoms with E-state index in [1.807, 2.05) is 31.9 Å². The Bertz CT molecular complexity index is 679. The summed E-state index contributed by atoms with van der Waals surface area (Å²) in [6, 6.07) is 2.72. The van der Waals surface area contributed by atoms with Gasteiger partial charge in [0.1, 0.15) is 11.9 Å². The summed E-state index contributed by atoms with van der Waals surface area (Å²) in [5.74, 6) is 0.330.